The van der Waals surface area contributed by atoms with Crippen molar-refractivity contribution >= 4 is 11.6 Å². The Hall–Kier alpha value is -1.42. The van der Waals surface area contributed by atoms with Crippen molar-refractivity contribution in [1.29, 1.82) is 0 Å². The minimum absolute atomic E-state index is 0.0667. The van der Waals surface area contributed by atoms with Crippen molar-refractivity contribution in [2.45, 2.75) is 6.42 Å². The van der Waals surface area contributed by atoms with Crippen LogP contribution in [0.3, 0.4) is 0 Å². The van der Waals surface area contributed by atoms with Crippen LogP contribution in [0.15, 0.2) is 24.3 Å². The number of hydrogen-bond acceptors (Lipinski definition) is 2. The van der Waals surface area contributed by atoms with Gasteiger partial charge in [0, 0.05) is 18.7 Å². The van der Waals surface area contributed by atoms with Crippen molar-refractivity contribution in [2.24, 2.45) is 11.7 Å². The van der Waals surface area contributed by atoms with Gasteiger partial charge in [-0.05, 0) is 36.7 Å². The van der Waals surface area contributed by atoms with Crippen LogP contribution in [-0.4, -0.2) is 19.0 Å². The maximum atomic E-state index is 12.7. The van der Waals surface area contributed by atoms with Gasteiger partial charge in [0.2, 0.25) is 5.91 Å². The third-order valence-electron chi connectivity index (χ3n) is 2.68. The van der Waals surface area contributed by atoms with Crippen LogP contribution in [0.4, 0.5) is 10.1 Å². The third-order valence-corrected chi connectivity index (χ3v) is 2.68. The first-order valence-corrected chi connectivity index (χ1v) is 4.96. The Labute approximate surface area is 87.7 Å². The summed E-state index contributed by atoms with van der Waals surface area (Å²) in [6, 6.07) is 5.95. The molecule has 1 unspecified atom stereocenters. The molecule has 0 spiro atoms. The summed E-state index contributed by atoms with van der Waals surface area (Å²) in [5, 5.41) is 0. The third kappa shape index (κ3) is 1.99. The Kier molecular flexibility index (Phi) is 2.68. The summed E-state index contributed by atoms with van der Waals surface area (Å²) in [7, 11) is 0. The lowest BCUT2D eigenvalue weighted by molar-refractivity contribution is -0.117. The number of hydrogen-bond donors (Lipinski definition) is 1. The fourth-order valence-corrected chi connectivity index (χ4v) is 1.81. The van der Waals surface area contributed by atoms with Gasteiger partial charge < -0.3 is 10.6 Å². The molecule has 0 aliphatic carbocycles. The molecule has 2 rings (SSSR count). The van der Waals surface area contributed by atoms with Gasteiger partial charge in [-0.1, -0.05) is 0 Å². The highest BCUT2D eigenvalue weighted by Crippen LogP contribution is 2.24. The Morgan fingerprint density at radius 1 is 1.40 bits per heavy atom. The van der Waals surface area contributed by atoms with E-state index in [1.54, 1.807) is 17.0 Å². The highest BCUT2D eigenvalue weighted by atomic mass is 19.1. The fourth-order valence-electron chi connectivity index (χ4n) is 1.81. The summed E-state index contributed by atoms with van der Waals surface area (Å²) < 4.78 is 12.7. The number of amides is 1. The van der Waals surface area contributed by atoms with Gasteiger partial charge >= 0.3 is 0 Å². The van der Waals surface area contributed by atoms with Crippen molar-refractivity contribution in [3.63, 3.8) is 0 Å². The van der Waals surface area contributed by atoms with Crippen LogP contribution in [0, 0.1) is 11.7 Å². The van der Waals surface area contributed by atoms with Crippen LogP contribution in [0.1, 0.15) is 6.42 Å². The van der Waals surface area contributed by atoms with Gasteiger partial charge in [0.05, 0.1) is 0 Å². The second-order valence-corrected chi connectivity index (χ2v) is 3.79. The molecule has 1 aromatic carbocycles. The monoisotopic (exact) mass is 208 g/mol. The topological polar surface area (TPSA) is 46.3 Å². The number of anilines is 1. The number of nitrogens with two attached hydrogens (primary N) is 1. The predicted octanol–water partition coefficient (Wildman–Crippen LogP) is 1.14. The predicted molar refractivity (Wildman–Crippen MR) is 55.9 cm³/mol. The SMILES string of the molecule is NCC1CC(=O)N(c2ccc(F)cc2)C1. The van der Waals surface area contributed by atoms with Crippen molar-refractivity contribution < 1.29 is 9.18 Å². The molecule has 3 nitrogen and oxygen atoms in total. The van der Waals surface area contributed by atoms with Gasteiger partial charge in [0.15, 0.2) is 0 Å². The fraction of sp³-hybridized carbons (Fsp3) is 0.364. The molecule has 15 heavy (non-hydrogen) atoms. The minimum Gasteiger partial charge on any atom is -0.330 e. The number of halogens is 1. The standard InChI is InChI=1S/C11H13FN2O/c12-9-1-3-10(4-2-9)14-7-8(6-13)5-11(14)15/h1-4,8H,5-7,13H2. The van der Waals surface area contributed by atoms with Gasteiger partial charge in [-0.15, -0.1) is 0 Å². The number of rotatable bonds is 2. The zero-order valence-corrected chi connectivity index (χ0v) is 8.32. The van der Waals surface area contributed by atoms with Crippen LogP contribution >= 0.6 is 0 Å². The Balaban J connectivity index is 2.18. The number of carbonyl (C=O) groups excluding carboxylic acids is 1. The minimum atomic E-state index is -0.291. The van der Waals surface area contributed by atoms with Crippen LogP contribution in [0.5, 0.6) is 0 Å². The zero-order chi connectivity index (χ0) is 10.8. The lowest BCUT2D eigenvalue weighted by Gasteiger charge is -2.16. The summed E-state index contributed by atoms with van der Waals surface area (Å²) in [6.45, 7) is 1.16. The molecule has 1 amide bonds. The maximum absolute atomic E-state index is 12.7. The number of carbonyl (C=O) groups is 1. The average Bonchev–Trinajstić information content (AvgIpc) is 2.61. The number of nitrogens with zero attached hydrogens (tertiary/aromatic N) is 1. The first-order chi connectivity index (χ1) is 7.20. The van der Waals surface area contributed by atoms with Crippen LogP contribution in [0.2, 0.25) is 0 Å². The molecule has 0 bridgehead atoms. The second kappa shape index (κ2) is 3.98. The highest BCUT2D eigenvalue weighted by Gasteiger charge is 2.29. The molecule has 0 radical (unpaired) electrons. The summed E-state index contributed by atoms with van der Waals surface area (Å²) in [5.41, 5.74) is 6.27. The van der Waals surface area contributed by atoms with Gasteiger partial charge in [0.25, 0.3) is 0 Å². The Morgan fingerprint density at radius 2 is 2.07 bits per heavy atom. The number of benzene rings is 1. The van der Waals surface area contributed by atoms with E-state index in [4.69, 9.17) is 5.73 Å². The van der Waals surface area contributed by atoms with Crippen LogP contribution < -0.4 is 10.6 Å². The summed E-state index contributed by atoms with van der Waals surface area (Å²) in [5.74, 6) is 0.000354. The lowest BCUT2D eigenvalue weighted by Crippen LogP contribution is -2.25. The molecule has 0 aromatic heterocycles. The van der Waals surface area contributed by atoms with E-state index < -0.39 is 0 Å². The van der Waals surface area contributed by atoms with E-state index in [2.05, 4.69) is 0 Å². The van der Waals surface area contributed by atoms with E-state index in [0.29, 0.717) is 19.5 Å². The first-order valence-electron chi connectivity index (χ1n) is 4.96. The molecule has 2 N–H and O–H groups in total. The van der Waals surface area contributed by atoms with E-state index in [-0.39, 0.29) is 17.6 Å². The van der Waals surface area contributed by atoms with Crippen LogP contribution in [0.25, 0.3) is 0 Å². The normalized spacial score (nSPS) is 21.1. The summed E-state index contributed by atoms with van der Waals surface area (Å²) >= 11 is 0. The molecule has 80 valence electrons. The molecule has 1 aliphatic rings. The molecule has 1 aliphatic heterocycles. The van der Waals surface area contributed by atoms with E-state index in [1.165, 1.54) is 12.1 Å². The molecule has 1 fully saturated rings. The van der Waals surface area contributed by atoms with Crippen molar-refractivity contribution in [3.8, 4) is 0 Å². The largest absolute Gasteiger partial charge is 0.330 e. The van der Waals surface area contributed by atoms with Gasteiger partial charge in [-0.3, -0.25) is 4.79 Å². The molecular formula is C11H13FN2O. The molecule has 1 atom stereocenters. The van der Waals surface area contributed by atoms with E-state index in [9.17, 15) is 9.18 Å². The zero-order valence-electron chi connectivity index (χ0n) is 8.32. The molecule has 0 saturated carbocycles. The van der Waals surface area contributed by atoms with Gasteiger partial charge in [-0.25, -0.2) is 4.39 Å². The van der Waals surface area contributed by atoms with Gasteiger partial charge in [-0.2, -0.15) is 0 Å². The highest BCUT2D eigenvalue weighted by molar-refractivity contribution is 5.95. The maximum Gasteiger partial charge on any atom is 0.227 e. The Bertz CT molecular complexity index is 363. The van der Waals surface area contributed by atoms with Crippen LogP contribution in [-0.2, 0) is 4.79 Å². The van der Waals surface area contributed by atoms with E-state index in [1.807, 2.05) is 0 Å². The lowest BCUT2D eigenvalue weighted by atomic mass is 10.1. The molecule has 4 heteroatoms. The smallest absolute Gasteiger partial charge is 0.227 e. The Morgan fingerprint density at radius 3 is 2.60 bits per heavy atom. The summed E-state index contributed by atoms with van der Waals surface area (Å²) in [6.07, 6.45) is 0.494. The molecule has 1 aromatic rings. The molecule has 1 heterocycles. The van der Waals surface area contributed by atoms with Crippen molar-refractivity contribution in [3.05, 3.63) is 30.1 Å². The first kappa shape index (κ1) is 10.1. The van der Waals surface area contributed by atoms with Gasteiger partial charge in [0.1, 0.15) is 5.82 Å². The second-order valence-electron chi connectivity index (χ2n) is 3.79. The molecule has 1 saturated heterocycles. The van der Waals surface area contributed by atoms with Crippen molar-refractivity contribution in [2.75, 3.05) is 18.0 Å². The quantitative estimate of drug-likeness (QED) is 0.792. The van der Waals surface area contributed by atoms with Crippen molar-refractivity contribution in [1.82, 2.24) is 0 Å². The average molecular weight is 208 g/mol. The summed E-state index contributed by atoms with van der Waals surface area (Å²) in [4.78, 5) is 13.3. The molecular weight excluding hydrogens is 195 g/mol. The van der Waals surface area contributed by atoms with E-state index in [0.717, 1.165) is 5.69 Å². The van der Waals surface area contributed by atoms with E-state index >= 15 is 0 Å².